The molecule has 0 bridgehead atoms. The number of benzene rings is 1. The van der Waals surface area contributed by atoms with Gasteiger partial charge in [-0.05, 0) is 6.07 Å². The van der Waals surface area contributed by atoms with Crippen LogP contribution in [0.15, 0.2) is 24.3 Å². The van der Waals surface area contributed by atoms with Gasteiger partial charge < -0.3 is 20.3 Å². The van der Waals surface area contributed by atoms with Crippen LogP contribution >= 0.6 is 0 Å². The summed E-state index contributed by atoms with van der Waals surface area (Å²) in [6.07, 6.45) is 0. The van der Waals surface area contributed by atoms with Crippen LogP contribution in [0.3, 0.4) is 0 Å². The van der Waals surface area contributed by atoms with Crippen molar-refractivity contribution in [3.63, 3.8) is 0 Å². The summed E-state index contributed by atoms with van der Waals surface area (Å²) in [5, 5.41) is 19.8. The third-order valence-corrected chi connectivity index (χ3v) is 1.92. The van der Waals surface area contributed by atoms with E-state index in [1.807, 2.05) is 0 Å². The number of aliphatic hydroxyl groups is 1. The van der Waals surface area contributed by atoms with E-state index in [4.69, 9.17) is 10.2 Å². The minimum atomic E-state index is -1.13. The fourth-order valence-electron chi connectivity index (χ4n) is 1.20. The van der Waals surface area contributed by atoms with Crippen molar-refractivity contribution in [3.05, 3.63) is 29.8 Å². The lowest BCUT2D eigenvalue weighted by molar-refractivity contribution is -0.143. The Hall–Kier alpha value is -1.92. The summed E-state index contributed by atoms with van der Waals surface area (Å²) in [5.41, 5.74) is 1.07. The quantitative estimate of drug-likeness (QED) is 0.660. The Kier molecular flexibility index (Phi) is 5.12. The SMILES string of the molecule is O=C(O)COCC(=O)Nc1ccccc1CO. The zero-order valence-electron chi connectivity index (χ0n) is 9.05. The first kappa shape index (κ1) is 13.1. The van der Waals surface area contributed by atoms with E-state index in [0.717, 1.165) is 0 Å². The van der Waals surface area contributed by atoms with Crippen molar-refractivity contribution < 1.29 is 24.5 Å². The standard InChI is InChI=1S/C11H13NO5/c13-5-8-3-1-2-4-9(8)12-10(14)6-17-7-11(15)16/h1-4,13H,5-7H2,(H,12,14)(H,15,16). The molecule has 0 atom stereocenters. The summed E-state index contributed by atoms with van der Waals surface area (Å²) in [7, 11) is 0. The molecule has 0 radical (unpaired) electrons. The summed E-state index contributed by atoms with van der Waals surface area (Å²) in [4.78, 5) is 21.5. The van der Waals surface area contributed by atoms with Gasteiger partial charge in [0.25, 0.3) is 0 Å². The monoisotopic (exact) mass is 239 g/mol. The molecule has 0 heterocycles. The first-order valence-electron chi connectivity index (χ1n) is 4.91. The van der Waals surface area contributed by atoms with Crippen LogP contribution < -0.4 is 5.32 Å². The predicted octanol–water partition coefficient (Wildman–Crippen LogP) is 0.219. The van der Waals surface area contributed by atoms with Gasteiger partial charge in [-0.15, -0.1) is 0 Å². The van der Waals surface area contributed by atoms with Crippen LogP contribution in [0.2, 0.25) is 0 Å². The molecule has 0 aromatic heterocycles. The highest BCUT2D eigenvalue weighted by molar-refractivity contribution is 5.92. The molecule has 6 heteroatoms. The molecule has 0 fully saturated rings. The fraction of sp³-hybridized carbons (Fsp3) is 0.273. The molecule has 3 N–H and O–H groups in total. The number of carbonyl (C=O) groups excluding carboxylic acids is 1. The van der Waals surface area contributed by atoms with Gasteiger partial charge in [-0.25, -0.2) is 4.79 Å². The number of ether oxygens (including phenoxy) is 1. The number of amides is 1. The summed E-state index contributed by atoms with van der Waals surface area (Å²) in [6.45, 7) is -1.05. The van der Waals surface area contributed by atoms with E-state index in [-0.39, 0.29) is 13.2 Å². The van der Waals surface area contributed by atoms with Crippen molar-refractivity contribution in [1.29, 1.82) is 0 Å². The fourth-order valence-corrected chi connectivity index (χ4v) is 1.20. The van der Waals surface area contributed by atoms with E-state index in [1.165, 1.54) is 0 Å². The van der Waals surface area contributed by atoms with E-state index in [1.54, 1.807) is 24.3 Å². The third kappa shape index (κ3) is 4.62. The lowest BCUT2D eigenvalue weighted by atomic mass is 10.2. The van der Waals surface area contributed by atoms with Gasteiger partial charge in [0.1, 0.15) is 13.2 Å². The number of rotatable bonds is 6. The molecule has 1 amide bonds. The second-order valence-corrected chi connectivity index (χ2v) is 3.25. The van der Waals surface area contributed by atoms with E-state index in [2.05, 4.69) is 10.1 Å². The highest BCUT2D eigenvalue weighted by atomic mass is 16.5. The Bertz CT molecular complexity index is 405. The average Bonchev–Trinajstić information content (AvgIpc) is 2.29. The molecule has 0 spiro atoms. The van der Waals surface area contributed by atoms with E-state index >= 15 is 0 Å². The number of aliphatic hydroxyl groups excluding tert-OH is 1. The molecule has 0 saturated carbocycles. The van der Waals surface area contributed by atoms with Gasteiger partial charge in [0.2, 0.25) is 5.91 Å². The number of carboxylic acids is 1. The molecule has 1 aromatic rings. The van der Waals surface area contributed by atoms with Gasteiger partial charge in [-0.2, -0.15) is 0 Å². The number of para-hydroxylation sites is 1. The molecule has 17 heavy (non-hydrogen) atoms. The first-order chi connectivity index (χ1) is 8.13. The summed E-state index contributed by atoms with van der Waals surface area (Å²) in [6, 6.07) is 6.77. The zero-order chi connectivity index (χ0) is 12.7. The zero-order valence-corrected chi connectivity index (χ0v) is 9.05. The van der Waals surface area contributed by atoms with Gasteiger partial charge in [0, 0.05) is 11.3 Å². The minimum Gasteiger partial charge on any atom is -0.480 e. The van der Waals surface area contributed by atoms with Gasteiger partial charge in [0.05, 0.1) is 6.61 Å². The molecule has 92 valence electrons. The summed E-state index contributed by atoms with van der Waals surface area (Å²) < 4.78 is 4.63. The topological polar surface area (TPSA) is 95.9 Å². The maximum Gasteiger partial charge on any atom is 0.329 e. The number of carbonyl (C=O) groups is 2. The van der Waals surface area contributed by atoms with Crippen LogP contribution in [0.1, 0.15) is 5.56 Å². The Balaban J connectivity index is 2.47. The third-order valence-electron chi connectivity index (χ3n) is 1.92. The maximum absolute atomic E-state index is 11.4. The van der Waals surface area contributed by atoms with E-state index in [9.17, 15) is 9.59 Å². The number of hydrogen-bond acceptors (Lipinski definition) is 4. The van der Waals surface area contributed by atoms with Crippen molar-refractivity contribution in [2.24, 2.45) is 0 Å². The van der Waals surface area contributed by atoms with Crippen molar-refractivity contribution in [1.82, 2.24) is 0 Å². The number of nitrogens with one attached hydrogen (secondary N) is 1. The Morgan fingerprint density at radius 1 is 1.24 bits per heavy atom. The Morgan fingerprint density at radius 2 is 1.94 bits per heavy atom. The highest BCUT2D eigenvalue weighted by Gasteiger charge is 2.06. The Labute approximate surface area is 97.8 Å². The summed E-state index contributed by atoms with van der Waals surface area (Å²) in [5.74, 6) is -1.60. The van der Waals surface area contributed by atoms with Crippen LogP contribution in [0.5, 0.6) is 0 Å². The molecule has 0 aliphatic rings. The van der Waals surface area contributed by atoms with Gasteiger partial charge in [0.15, 0.2) is 0 Å². The Morgan fingerprint density at radius 3 is 2.59 bits per heavy atom. The smallest absolute Gasteiger partial charge is 0.329 e. The van der Waals surface area contributed by atoms with Crippen LogP contribution in [-0.4, -0.2) is 35.3 Å². The molecule has 0 aliphatic carbocycles. The number of aliphatic carboxylic acids is 1. The second kappa shape index (κ2) is 6.62. The molecule has 6 nitrogen and oxygen atoms in total. The van der Waals surface area contributed by atoms with Crippen LogP contribution in [0, 0.1) is 0 Å². The van der Waals surface area contributed by atoms with E-state index in [0.29, 0.717) is 11.3 Å². The minimum absolute atomic E-state index is 0.188. The second-order valence-electron chi connectivity index (χ2n) is 3.25. The maximum atomic E-state index is 11.4. The highest BCUT2D eigenvalue weighted by Crippen LogP contribution is 2.14. The lowest BCUT2D eigenvalue weighted by Crippen LogP contribution is -2.21. The predicted molar refractivity (Wildman–Crippen MR) is 59.4 cm³/mol. The van der Waals surface area contributed by atoms with Gasteiger partial charge in [-0.3, -0.25) is 4.79 Å². The molecule has 0 unspecified atom stereocenters. The van der Waals surface area contributed by atoms with Gasteiger partial charge >= 0.3 is 5.97 Å². The average molecular weight is 239 g/mol. The van der Waals surface area contributed by atoms with Crippen molar-refractivity contribution in [2.45, 2.75) is 6.61 Å². The normalized spacial score (nSPS) is 9.94. The lowest BCUT2D eigenvalue weighted by Gasteiger charge is -2.08. The van der Waals surface area contributed by atoms with Crippen LogP contribution in [-0.2, 0) is 20.9 Å². The molecule has 1 rings (SSSR count). The van der Waals surface area contributed by atoms with Crippen molar-refractivity contribution in [3.8, 4) is 0 Å². The van der Waals surface area contributed by atoms with Crippen LogP contribution in [0.4, 0.5) is 5.69 Å². The largest absolute Gasteiger partial charge is 0.480 e. The number of hydrogen-bond donors (Lipinski definition) is 3. The molecule has 1 aromatic carbocycles. The van der Waals surface area contributed by atoms with E-state index < -0.39 is 18.5 Å². The number of carboxylic acid groups (broad SMARTS) is 1. The summed E-state index contributed by atoms with van der Waals surface area (Å²) >= 11 is 0. The van der Waals surface area contributed by atoms with Crippen molar-refractivity contribution in [2.75, 3.05) is 18.5 Å². The molecule has 0 aliphatic heterocycles. The van der Waals surface area contributed by atoms with Crippen LogP contribution in [0.25, 0.3) is 0 Å². The molecular formula is C11H13NO5. The molecule has 0 saturated heterocycles. The molecular weight excluding hydrogens is 226 g/mol. The first-order valence-corrected chi connectivity index (χ1v) is 4.91. The number of anilines is 1. The van der Waals surface area contributed by atoms with Crippen molar-refractivity contribution >= 4 is 17.6 Å². The van der Waals surface area contributed by atoms with Gasteiger partial charge in [-0.1, -0.05) is 18.2 Å².